The Morgan fingerprint density at radius 3 is 2.61 bits per heavy atom. The Hall–Kier alpha value is -4.57. The number of aliphatic hydroxyl groups is 1. The molecular formula is C28H29N5O5. The number of hydrogen-bond acceptors (Lipinski definition) is 7. The average molecular weight is 516 g/mol. The number of benzene rings is 2. The largest absolute Gasteiger partial charge is 0.494 e. The first-order chi connectivity index (χ1) is 18.1. The Morgan fingerprint density at radius 2 is 1.87 bits per heavy atom. The zero-order valence-corrected chi connectivity index (χ0v) is 21.4. The summed E-state index contributed by atoms with van der Waals surface area (Å²) in [5.74, 6) is 0.0888. The molecule has 0 spiro atoms. The molecule has 4 rings (SSSR count). The van der Waals surface area contributed by atoms with Gasteiger partial charge < -0.3 is 15.2 Å². The maximum absolute atomic E-state index is 12.9. The van der Waals surface area contributed by atoms with E-state index in [1.54, 1.807) is 62.5 Å². The van der Waals surface area contributed by atoms with Gasteiger partial charge in [0.1, 0.15) is 11.6 Å². The summed E-state index contributed by atoms with van der Waals surface area (Å²) < 4.78 is 6.83. The lowest BCUT2D eigenvalue weighted by Gasteiger charge is -2.17. The summed E-state index contributed by atoms with van der Waals surface area (Å²) >= 11 is 0. The van der Waals surface area contributed by atoms with Crippen molar-refractivity contribution in [2.75, 3.05) is 11.9 Å². The number of rotatable bonds is 9. The monoisotopic (exact) mass is 515 g/mol. The quantitative estimate of drug-likeness (QED) is 0.290. The highest BCUT2D eigenvalue weighted by Crippen LogP contribution is 2.29. The van der Waals surface area contributed by atoms with Gasteiger partial charge in [-0.2, -0.15) is 9.78 Å². The Labute approximate surface area is 219 Å². The summed E-state index contributed by atoms with van der Waals surface area (Å²) in [6.07, 6.45) is 2.88. The minimum absolute atomic E-state index is 0.210. The second-order valence-corrected chi connectivity index (χ2v) is 9.48. The second-order valence-electron chi connectivity index (χ2n) is 9.48. The van der Waals surface area contributed by atoms with Gasteiger partial charge in [-0.1, -0.05) is 24.3 Å². The van der Waals surface area contributed by atoms with Crippen molar-refractivity contribution in [2.24, 2.45) is 0 Å². The van der Waals surface area contributed by atoms with Gasteiger partial charge >= 0.3 is 5.69 Å². The second kappa shape index (κ2) is 11.2. The molecule has 2 aromatic heterocycles. The Bertz CT molecular complexity index is 1550. The van der Waals surface area contributed by atoms with Crippen LogP contribution in [0.2, 0.25) is 0 Å². The zero-order chi connectivity index (χ0) is 27.3. The van der Waals surface area contributed by atoms with Crippen LogP contribution in [-0.2, 0) is 0 Å². The molecule has 2 aromatic carbocycles. The number of amides is 1. The van der Waals surface area contributed by atoms with E-state index in [1.807, 2.05) is 25.1 Å². The topological polar surface area (TPSA) is 139 Å². The van der Waals surface area contributed by atoms with Crippen LogP contribution < -0.4 is 21.3 Å². The molecule has 2 heterocycles. The number of aromatic amines is 1. The fourth-order valence-electron chi connectivity index (χ4n) is 3.83. The molecule has 0 radical (unpaired) electrons. The van der Waals surface area contributed by atoms with Gasteiger partial charge in [0, 0.05) is 6.20 Å². The van der Waals surface area contributed by atoms with Gasteiger partial charge in [0.05, 0.1) is 17.9 Å². The number of pyridine rings is 1. The molecule has 196 valence electrons. The third kappa shape index (κ3) is 6.60. The van der Waals surface area contributed by atoms with Crippen molar-refractivity contribution in [3.05, 3.63) is 99.0 Å². The van der Waals surface area contributed by atoms with E-state index in [0.717, 1.165) is 21.4 Å². The van der Waals surface area contributed by atoms with E-state index in [1.165, 1.54) is 0 Å². The fourth-order valence-corrected chi connectivity index (χ4v) is 3.83. The smallest absolute Gasteiger partial charge is 0.349 e. The average Bonchev–Trinajstić information content (AvgIpc) is 2.87. The number of aromatic nitrogens is 4. The third-order valence-electron chi connectivity index (χ3n) is 5.77. The van der Waals surface area contributed by atoms with Crippen LogP contribution >= 0.6 is 0 Å². The number of H-pyrrole nitrogens is 1. The number of ether oxygens (including phenoxy) is 1. The first kappa shape index (κ1) is 26.5. The molecule has 10 nitrogen and oxygen atoms in total. The van der Waals surface area contributed by atoms with Crippen molar-refractivity contribution in [3.8, 4) is 22.6 Å². The van der Waals surface area contributed by atoms with Crippen molar-refractivity contribution in [3.63, 3.8) is 0 Å². The lowest BCUT2D eigenvalue weighted by atomic mass is 10.0. The van der Waals surface area contributed by atoms with E-state index in [0.29, 0.717) is 30.9 Å². The molecule has 4 aromatic rings. The minimum Gasteiger partial charge on any atom is -0.494 e. The van der Waals surface area contributed by atoms with E-state index < -0.39 is 28.5 Å². The Kier molecular flexibility index (Phi) is 7.82. The number of carbonyl (C=O) groups excluding carboxylic acids is 1. The fraction of sp³-hybridized carbons (Fsp3) is 0.250. The van der Waals surface area contributed by atoms with Gasteiger partial charge in [-0.25, -0.2) is 9.78 Å². The van der Waals surface area contributed by atoms with Gasteiger partial charge in [-0.3, -0.25) is 14.6 Å². The highest BCUT2D eigenvalue weighted by atomic mass is 16.5. The van der Waals surface area contributed by atoms with Gasteiger partial charge in [0.2, 0.25) is 5.69 Å². The number of nitrogens with one attached hydrogen (secondary N) is 2. The van der Waals surface area contributed by atoms with Gasteiger partial charge in [0.15, 0.2) is 0 Å². The summed E-state index contributed by atoms with van der Waals surface area (Å²) in [6.45, 7) is 5.96. The number of aryl methyl sites for hydroxylation is 1. The van der Waals surface area contributed by atoms with E-state index in [2.05, 4.69) is 20.4 Å². The predicted octanol–water partition coefficient (Wildman–Crippen LogP) is 3.47. The number of carbonyl (C=O) groups is 1. The van der Waals surface area contributed by atoms with Crippen LogP contribution in [0.25, 0.3) is 16.8 Å². The van der Waals surface area contributed by atoms with Crippen LogP contribution in [0.4, 0.5) is 5.82 Å². The van der Waals surface area contributed by atoms with E-state index in [4.69, 9.17) is 4.74 Å². The predicted molar refractivity (Wildman–Crippen MR) is 144 cm³/mol. The Morgan fingerprint density at radius 1 is 1.11 bits per heavy atom. The van der Waals surface area contributed by atoms with Crippen molar-refractivity contribution in [2.45, 2.75) is 39.2 Å². The van der Waals surface area contributed by atoms with Crippen LogP contribution in [0.15, 0.2) is 76.4 Å². The molecule has 0 saturated heterocycles. The highest BCUT2D eigenvalue weighted by molar-refractivity contribution is 6.02. The van der Waals surface area contributed by atoms with Gasteiger partial charge in [-0.05, 0) is 86.7 Å². The van der Waals surface area contributed by atoms with E-state index in [-0.39, 0.29) is 5.82 Å². The molecule has 0 aliphatic carbocycles. The standard InChI is InChI=1S/C28H29N5O5/c1-18-10-11-21(38-15-7-13-28(2,3)37)17-22(18)19-12-14-29-23(16-19)30-25(34)24-26(35)31-27(36)33(32-24)20-8-5-4-6-9-20/h4-6,8-12,14,16-17,37H,7,13,15H2,1-3H3,(H,29,30,34)(H,31,35,36). The number of para-hydroxylation sites is 1. The molecule has 0 aliphatic heterocycles. The van der Waals surface area contributed by atoms with E-state index in [9.17, 15) is 19.5 Å². The first-order valence-corrected chi connectivity index (χ1v) is 12.1. The molecule has 0 fully saturated rings. The van der Waals surface area contributed by atoms with Crippen LogP contribution in [0.1, 0.15) is 42.7 Å². The summed E-state index contributed by atoms with van der Waals surface area (Å²) in [6, 6.07) is 17.7. The molecule has 0 atom stereocenters. The van der Waals surface area contributed by atoms with E-state index >= 15 is 0 Å². The number of hydrogen-bond donors (Lipinski definition) is 3. The number of nitrogens with zero attached hydrogens (tertiary/aromatic N) is 3. The third-order valence-corrected chi connectivity index (χ3v) is 5.77. The maximum atomic E-state index is 12.9. The molecule has 38 heavy (non-hydrogen) atoms. The molecule has 0 unspecified atom stereocenters. The van der Waals surface area contributed by atoms with Crippen molar-refractivity contribution < 1.29 is 14.6 Å². The highest BCUT2D eigenvalue weighted by Gasteiger charge is 2.17. The zero-order valence-electron chi connectivity index (χ0n) is 21.4. The van der Waals surface area contributed by atoms with Crippen molar-refractivity contribution in [1.82, 2.24) is 19.7 Å². The minimum atomic E-state index is -0.902. The molecular weight excluding hydrogens is 486 g/mol. The SMILES string of the molecule is Cc1ccc(OCCCC(C)(C)O)cc1-c1ccnc(NC(=O)c2nn(-c3ccccc3)c(=O)[nH]c2=O)c1. The summed E-state index contributed by atoms with van der Waals surface area (Å²) in [5, 5.41) is 16.4. The van der Waals surface area contributed by atoms with Crippen LogP contribution in [0.5, 0.6) is 5.75 Å². The summed E-state index contributed by atoms with van der Waals surface area (Å²) in [4.78, 5) is 43.8. The molecule has 0 aliphatic rings. The van der Waals surface area contributed by atoms with Crippen molar-refractivity contribution >= 4 is 11.7 Å². The van der Waals surface area contributed by atoms with Crippen LogP contribution in [0.3, 0.4) is 0 Å². The Balaban J connectivity index is 1.54. The molecule has 0 saturated carbocycles. The normalized spacial score (nSPS) is 11.3. The number of anilines is 1. The molecule has 10 heteroatoms. The van der Waals surface area contributed by atoms with Gasteiger partial charge in [-0.15, -0.1) is 0 Å². The maximum Gasteiger partial charge on any atom is 0.349 e. The van der Waals surface area contributed by atoms with Gasteiger partial charge in [0.25, 0.3) is 11.5 Å². The lowest BCUT2D eigenvalue weighted by molar-refractivity contribution is 0.0641. The summed E-state index contributed by atoms with van der Waals surface area (Å²) in [7, 11) is 0. The molecule has 3 N–H and O–H groups in total. The first-order valence-electron chi connectivity index (χ1n) is 12.1. The van der Waals surface area contributed by atoms with Crippen molar-refractivity contribution in [1.29, 1.82) is 0 Å². The summed E-state index contributed by atoms with van der Waals surface area (Å²) in [5.41, 5.74) is 0.196. The molecule has 1 amide bonds. The van der Waals surface area contributed by atoms with Crippen LogP contribution in [-0.4, -0.2) is 43.0 Å². The lowest BCUT2D eigenvalue weighted by Crippen LogP contribution is -2.37. The van der Waals surface area contributed by atoms with Crippen LogP contribution in [0, 0.1) is 6.92 Å². The molecule has 0 bridgehead atoms.